The van der Waals surface area contributed by atoms with Gasteiger partial charge < -0.3 is 20.5 Å². The quantitative estimate of drug-likeness (QED) is 0.590. The number of nitrogens with one attached hydrogen (secondary N) is 1. The summed E-state index contributed by atoms with van der Waals surface area (Å²) in [6, 6.07) is 5.23. The van der Waals surface area contributed by atoms with Gasteiger partial charge in [-0.15, -0.1) is 0 Å². The van der Waals surface area contributed by atoms with Crippen LogP contribution in [-0.2, 0) is 9.59 Å². The van der Waals surface area contributed by atoms with Crippen LogP contribution in [0.4, 0.5) is 0 Å². The molecule has 0 bridgehead atoms. The number of hydrogen-bond acceptors (Lipinski definition) is 5. The van der Waals surface area contributed by atoms with Crippen LogP contribution in [0.2, 0.25) is 0 Å². The number of benzene rings is 1. The minimum Gasteiger partial charge on any atom is -0.497 e. The molecule has 1 saturated carbocycles. The SMILES string of the molecule is COc1ccc(OC)c(C(C)NC(=O)CN(CCC2CCCCC2)CC(N)=O)c1. The minimum absolute atomic E-state index is 0.0942. The molecule has 1 unspecified atom stereocenters. The molecule has 2 amide bonds. The molecule has 0 saturated heterocycles. The molecule has 7 heteroatoms. The molecule has 0 heterocycles. The monoisotopic (exact) mass is 405 g/mol. The number of methoxy groups -OCH3 is 2. The highest BCUT2D eigenvalue weighted by atomic mass is 16.5. The van der Waals surface area contributed by atoms with Crippen LogP contribution < -0.4 is 20.5 Å². The number of nitrogens with two attached hydrogens (primary N) is 1. The summed E-state index contributed by atoms with van der Waals surface area (Å²) in [6.07, 6.45) is 7.35. The number of rotatable bonds is 11. The average molecular weight is 406 g/mol. The number of carbonyl (C=O) groups is 2. The van der Waals surface area contributed by atoms with Gasteiger partial charge in [0, 0.05) is 5.56 Å². The van der Waals surface area contributed by atoms with E-state index in [1.54, 1.807) is 14.2 Å². The molecule has 3 N–H and O–H groups in total. The zero-order valence-corrected chi connectivity index (χ0v) is 17.9. The van der Waals surface area contributed by atoms with E-state index in [2.05, 4.69) is 5.32 Å². The first-order valence-electron chi connectivity index (χ1n) is 10.4. The van der Waals surface area contributed by atoms with Gasteiger partial charge in [-0.1, -0.05) is 32.1 Å². The Hall–Kier alpha value is -2.28. The first kappa shape index (κ1) is 23.0. The van der Waals surface area contributed by atoms with E-state index in [9.17, 15) is 9.59 Å². The highest BCUT2D eigenvalue weighted by Crippen LogP contribution is 2.29. The summed E-state index contributed by atoms with van der Waals surface area (Å²) in [6.45, 7) is 2.84. The molecule has 7 nitrogen and oxygen atoms in total. The lowest BCUT2D eigenvalue weighted by Gasteiger charge is -2.26. The van der Waals surface area contributed by atoms with E-state index in [0.29, 0.717) is 24.0 Å². The van der Waals surface area contributed by atoms with Gasteiger partial charge in [-0.25, -0.2) is 0 Å². The summed E-state index contributed by atoms with van der Waals surface area (Å²) in [5.74, 6) is 1.51. The van der Waals surface area contributed by atoms with E-state index in [1.165, 1.54) is 32.1 Å². The van der Waals surface area contributed by atoms with Gasteiger partial charge in [-0.3, -0.25) is 14.5 Å². The molecule has 1 atom stereocenters. The second-order valence-corrected chi connectivity index (χ2v) is 7.87. The fraction of sp³-hybridized carbons (Fsp3) is 0.636. The van der Waals surface area contributed by atoms with Gasteiger partial charge in [0.25, 0.3) is 0 Å². The van der Waals surface area contributed by atoms with E-state index < -0.39 is 5.91 Å². The van der Waals surface area contributed by atoms with Crippen LogP contribution in [0.25, 0.3) is 0 Å². The van der Waals surface area contributed by atoms with Crippen molar-refractivity contribution in [2.45, 2.75) is 51.5 Å². The maximum absolute atomic E-state index is 12.6. The Morgan fingerprint density at radius 3 is 2.52 bits per heavy atom. The van der Waals surface area contributed by atoms with E-state index in [0.717, 1.165) is 12.0 Å². The molecular formula is C22H35N3O4. The molecule has 29 heavy (non-hydrogen) atoms. The van der Waals surface area contributed by atoms with Crippen molar-refractivity contribution < 1.29 is 19.1 Å². The summed E-state index contributed by atoms with van der Waals surface area (Å²) in [4.78, 5) is 26.0. The molecule has 0 spiro atoms. The van der Waals surface area contributed by atoms with Crippen LogP contribution in [0, 0.1) is 5.92 Å². The molecule has 2 rings (SSSR count). The van der Waals surface area contributed by atoms with Crippen molar-refractivity contribution in [1.29, 1.82) is 0 Å². The first-order valence-corrected chi connectivity index (χ1v) is 10.4. The second-order valence-electron chi connectivity index (χ2n) is 7.87. The fourth-order valence-corrected chi connectivity index (χ4v) is 4.02. The molecule has 0 aliphatic heterocycles. The first-order chi connectivity index (χ1) is 13.9. The molecule has 0 aromatic heterocycles. The van der Waals surface area contributed by atoms with Gasteiger partial charge in [0.15, 0.2) is 0 Å². The van der Waals surface area contributed by atoms with E-state index in [1.807, 2.05) is 30.0 Å². The Kier molecular flexibility index (Phi) is 9.25. The molecule has 162 valence electrons. The molecule has 1 fully saturated rings. The fourth-order valence-electron chi connectivity index (χ4n) is 4.02. The van der Waals surface area contributed by atoms with Gasteiger partial charge in [0.05, 0.1) is 33.4 Å². The lowest BCUT2D eigenvalue weighted by molar-refractivity contribution is -0.124. The number of nitrogens with zero attached hydrogens (tertiary/aromatic N) is 1. The van der Waals surface area contributed by atoms with Gasteiger partial charge in [0.1, 0.15) is 11.5 Å². The normalized spacial score (nSPS) is 15.7. The smallest absolute Gasteiger partial charge is 0.234 e. The summed E-state index contributed by atoms with van der Waals surface area (Å²) >= 11 is 0. The molecule has 0 radical (unpaired) electrons. The lowest BCUT2D eigenvalue weighted by atomic mass is 9.87. The third-order valence-electron chi connectivity index (χ3n) is 5.61. The van der Waals surface area contributed by atoms with Crippen LogP contribution in [0.15, 0.2) is 18.2 Å². The van der Waals surface area contributed by atoms with Crippen LogP contribution in [-0.4, -0.2) is 50.6 Å². The topological polar surface area (TPSA) is 93.9 Å². The maximum Gasteiger partial charge on any atom is 0.234 e. The zero-order chi connectivity index (χ0) is 21.2. The van der Waals surface area contributed by atoms with Crippen molar-refractivity contribution in [2.24, 2.45) is 11.7 Å². The predicted molar refractivity (Wildman–Crippen MR) is 113 cm³/mol. The Balaban J connectivity index is 1.94. The van der Waals surface area contributed by atoms with Crippen LogP contribution in [0.5, 0.6) is 11.5 Å². The van der Waals surface area contributed by atoms with Gasteiger partial charge in [-0.05, 0) is 44.0 Å². The third kappa shape index (κ3) is 7.57. The van der Waals surface area contributed by atoms with Crippen LogP contribution in [0.1, 0.15) is 57.1 Å². The van der Waals surface area contributed by atoms with Crippen molar-refractivity contribution in [3.05, 3.63) is 23.8 Å². The van der Waals surface area contributed by atoms with E-state index in [-0.39, 0.29) is 25.0 Å². The van der Waals surface area contributed by atoms with Crippen molar-refractivity contribution in [1.82, 2.24) is 10.2 Å². The Bertz CT molecular complexity index is 674. The number of ether oxygens (including phenoxy) is 2. The predicted octanol–water partition coefficient (Wildman–Crippen LogP) is 2.64. The molecule has 1 aliphatic carbocycles. The number of amides is 2. The van der Waals surface area contributed by atoms with E-state index in [4.69, 9.17) is 15.2 Å². The summed E-state index contributed by atoms with van der Waals surface area (Å²) in [5, 5.41) is 3.00. The summed E-state index contributed by atoms with van der Waals surface area (Å²) in [7, 11) is 3.20. The number of carbonyl (C=O) groups excluding carboxylic acids is 2. The number of hydrogen-bond donors (Lipinski definition) is 2. The van der Waals surface area contributed by atoms with Crippen molar-refractivity contribution in [3.63, 3.8) is 0 Å². The largest absolute Gasteiger partial charge is 0.497 e. The van der Waals surface area contributed by atoms with Gasteiger partial charge >= 0.3 is 0 Å². The maximum atomic E-state index is 12.6. The molecule has 1 aliphatic rings. The molecule has 1 aromatic rings. The van der Waals surface area contributed by atoms with Crippen molar-refractivity contribution in [3.8, 4) is 11.5 Å². The molecule has 1 aromatic carbocycles. The highest BCUT2D eigenvalue weighted by molar-refractivity contribution is 5.80. The second kappa shape index (κ2) is 11.7. The Morgan fingerprint density at radius 2 is 1.90 bits per heavy atom. The minimum atomic E-state index is -0.413. The standard InChI is InChI=1S/C22H35N3O4/c1-16(19-13-18(28-2)9-10-20(19)29-3)24-22(27)15-25(14-21(23)26)12-11-17-7-5-4-6-8-17/h9-10,13,16-17H,4-8,11-12,14-15H2,1-3H3,(H2,23,26)(H,24,27). The highest BCUT2D eigenvalue weighted by Gasteiger charge is 2.20. The number of primary amides is 1. The Labute approximate surface area is 173 Å². The summed E-state index contributed by atoms with van der Waals surface area (Å²) < 4.78 is 10.7. The zero-order valence-electron chi connectivity index (χ0n) is 17.9. The Morgan fingerprint density at radius 1 is 1.17 bits per heavy atom. The van der Waals surface area contributed by atoms with Gasteiger partial charge in [-0.2, -0.15) is 0 Å². The molecular weight excluding hydrogens is 370 g/mol. The van der Waals surface area contributed by atoms with Crippen LogP contribution >= 0.6 is 0 Å². The third-order valence-corrected chi connectivity index (χ3v) is 5.61. The van der Waals surface area contributed by atoms with Gasteiger partial charge in [0.2, 0.25) is 11.8 Å². The van der Waals surface area contributed by atoms with E-state index >= 15 is 0 Å². The van der Waals surface area contributed by atoms with Crippen molar-refractivity contribution in [2.75, 3.05) is 33.9 Å². The average Bonchev–Trinajstić information content (AvgIpc) is 2.71. The van der Waals surface area contributed by atoms with Crippen molar-refractivity contribution >= 4 is 11.8 Å². The van der Waals surface area contributed by atoms with Crippen LogP contribution in [0.3, 0.4) is 0 Å². The summed E-state index contributed by atoms with van der Waals surface area (Å²) in [5.41, 5.74) is 6.23. The lowest BCUT2D eigenvalue weighted by Crippen LogP contribution is -2.43.